The highest BCUT2D eigenvalue weighted by atomic mass is 15.0. The van der Waals surface area contributed by atoms with Crippen molar-refractivity contribution in [3.8, 4) is 22.4 Å². The first-order chi connectivity index (χ1) is 13.2. The van der Waals surface area contributed by atoms with Crippen molar-refractivity contribution in [1.29, 1.82) is 0 Å². The Kier molecular flexibility index (Phi) is 4.63. The minimum atomic E-state index is 0.190. The molecule has 27 heavy (non-hydrogen) atoms. The Hall–Kier alpha value is -2.41. The molecule has 0 bridgehead atoms. The van der Waals surface area contributed by atoms with E-state index in [9.17, 15) is 0 Å². The Morgan fingerprint density at radius 2 is 1.52 bits per heavy atom. The molecular formula is C26H30N+. The highest BCUT2D eigenvalue weighted by molar-refractivity contribution is 5.71. The molecule has 3 aromatic rings. The zero-order valence-electron chi connectivity index (χ0n) is 17.0. The summed E-state index contributed by atoms with van der Waals surface area (Å²) in [5, 5.41) is 0. The quantitative estimate of drug-likeness (QED) is 0.470. The van der Waals surface area contributed by atoms with Crippen LogP contribution < -0.4 is 4.57 Å². The van der Waals surface area contributed by atoms with Gasteiger partial charge in [0.05, 0.1) is 11.0 Å². The summed E-state index contributed by atoms with van der Waals surface area (Å²) in [6, 6.07) is 22.8. The molecule has 0 aliphatic carbocycles. The lowest BCUT2D eigenvalue weighted by Crippen LogP contribution is -2.54. The number of nitrogens with zero attached hydrogens (tertiary/aromatic N) is 1. The molecule has 0 saturated carbocycles. The first-order valence-electron chi connectivity index (χ1n) is 10.4. The first-order valence-corrected chi connectivity index (χ1v) is 10.4. The monoisotopic (exact) mass is 356 g/mol. The molecule has 1 aromatic heterocycles. The van der Waals surface area contributed by atoms with E-state index in [1.165, 1.54) is 33.5 Å². The third-order valence-corrected chi connectivity index (χ3v) is 6.89. The number of fused-ring (bicyclic) bond motifs is 3. The van der Waals surface area contributed by atoms with E-state index >= 15 is 0 Å². The molecule has 0 amide bonds. The maximum atomic E-state index is 2.55. The van der Waals surface area contributed by atoms with E-state index < -0.39 is 0 Å². The van der Waals surface area contributed by atoms with E-state index in [0.29, 0.717) is 6.04 Å². The molecule has 138 valence electrons. The van der Waals surface area contributed by atoms with Gasteiger partial charge in [-0.15, -0.1) is 0 Å². The topological polar surface area (TPSA) is 3.88 Å². The summed E-state index contributed by atoms with van der Waals surface area (Å²) < 4.78 is 2.55. The van der Waals surface area contributed by atoms with Crippen LogP contribution in [0.4, 0.5) is 0 Å². The van der Waals surface area contributed by atoms with Crippen molar-refractivity contribution in [2.75, 3.05) is 0 Å². The third kappa shape index (κ3) is 2.64. The lowest BCUT2D eigenvalue weighted by atomic mass is 9.66. The van der Waals surface area contributed by atoms with E-state index in [2.05, 4.69) is 99.1 Å². The molecule has 0 radical (unpaired) electrons. The van der Waals surface area contributed by atoms with Crippen LogP contribution in [0.2, 0.25) is 0 Å². The Morgan fingerprint density at radius 1 is 0.852 bits per heavy atom. The van der Waals surface area contributed by atoms with Crippen LogP contribution in [0, 0.1) is 0 Å². The molecule has 1 atom stereocenters. The molecule has 1 unspecified atom stereocenters. The van der Waals surface area contributed by atoms with Crippen molar-refractivity contribution in [3.05, 3.63) is 78.0 Å². The first kappa shape index (κ1) is 18.0. The van der Waals surface area contributed by atoms with Crippen molar-refractivity contribution < 1.29 is 4.57 Å². The summed E-state index contributed by atoms with van der Waals surface area (Å²) in [5.41, 5.74) is 8.60. The molecule has 4 rings (SSSR count). The molecule has 2 aromatic carbocycles. The van der Waals surface area contributed by atoms with Gasteiger partial charge in [-0.1, -0.05) is 69.3 Å². The Labute approximate surface area is 163 Å². The highest BCUT2D eigenvalue weighted by Crippen LogP contribution is 2.47. The number of pyridine rings is 1. The summed E-state index contributed by atoms with van der Waals surface area (Å²) in [4.78, 5) is 0. The van der Waals surface area contributed by atoms with Crippen molar-refractivity contribution in [2.45, 2.75) is 58.4 Å². The van der Waals surface area contributed by atoms with Crippen LogP contribution in [0.5, 0.6) is 0 Å². The second kappa shape index (κ2) is 6.96. The molecule has 0 fully saturated rings. The van der Waals surface area contributed by atoms with Gasteiger partial charge in [0.15, 0.2) is 12.2 Å². The maximum absolute atomic E-state index is 2.55. The average molecular weight is 357 g/mol. The highest BCUT2D eigenvalue weighted by Gasteiger charge is 2.47. The van der Waals surface area contributed by atoms with Gasteiger partial charge in [0.25, 0.3) is 0 Å². The van der Waals surface area contributed by atoms with Crippen molar-refractivity contribution >= 4 is 0 Å². The lowest BCUT2D eigenvalue weighted by Gasteiger charge is -2.40. The second-order valence-corrected chi connectivity index (χ2v) is 7.81. The Morgan fingerprint density at radius 3 is 2.19 bits per heavy atom. The van der Waals surface area contributed by atoms with Crippen LogP contribution in [0.1, 0.15) is 57.7 Å². The van der Waals surface area contributed by atoms with Crippen molar-refractivity contribution in [1.82, 2.24) is 0 Å². The molecule has 1 nitrogen and oxygen atoms in total. The van der Waals surface area contributed by atoms with E-state index in [1.54, 1.807) is 0 Å². The van der Waals surface area contributed by atoms with Gasteiger partial charge in [-0.2, -0.15) is 4.57 Å². The number of hydrogen-bond donors (Lipinski definition) is 0. The molecule has 0 spiro atoms. The summed E-state index contributed by atoms with van der Waals surface area (Å²) in [6.45, 7) is 9.37. The Bertz CT molecular complexity index is 951. The molecule has 1 aliphatic rings. The molecule has 1 heteroatoms. The fraction of sp³-hybridized carbons (Fsp3) is 0.346. The summed E-state index contributed by atoms with van der Waals surface area (Å²) in [6.07, 6.45) is 5.78. The molecule has 2 heterocycles. The number of rotatable bonds is 4. The van der Waals surface area contributed by atoms with Crippen LogP contribution in [0.15, 0.2) is 66.9 Å². The van der Waals surface area contributed by atoms with Gasteiger partial charge in [-0.05, 0) is 48.9 Å². The van der Waals surface area contributed by atoms with Crippen LogP contribution in [-0.4, -0.2) is 0 Å². The van der Waals surface area contributed by atoms with E-state index in [0.717, 1.165) is 19.3 Å². The normalized spacial score (nSPS) is 17.3. The number of aromatic nitrogens is 1. The van der Waals surface area contributed by atoms with E-state index in [1.807, 2.05) is 0 Å². The molecule has 0 saturated heterocycles. The Balaban J connectivity index is 2.02. The summed E-state index contributed by atoms with van der Waals surface area (Å²) >= 11 is 0. The second-order valence-electron chi connectivity index (χ2n) is 7.81. The predicted molar refractivity (Wildman–Crippen MR) is 114 cm³/mol. The van der Waals surface area contributed by atoms with Gasteiger partial charge in [0.2, 0.25) is 5.69 Å². The zero-order chi connectivity index (χ0) is 19.0. The molecule has 1 aliphatic heterocycles. The number of hydrogen-bond acceptors (Lipinski definition) is 0. The molecule has 0 N–H and O–H groups in total. The van der Waals surface area contributed by atoms with Gasteiger partial charge < -0.3 is 0 Å². The van der Waals surface area contributed by atoms with Gasteiger partial charge in [-0.25, -0.2) is 0 Å². The van der Waals surface area contributed by atoms with E-state index in [-0.39, 0.29) is 5.41 Å². The smallest absolute Gasteiger partial charge is 0.194 e. The van der Waals surface area contributed by atoms with Crippen LogP contribution >= 0.6 is 0 Å². The maximum Gasteiger partial charge on any atom is 0.213 e. The SMILES string of the molecule is CCc1cc2[n+](cc1-c1ccccc1)C(C)C(CC)(CC)c1ccccc1-2. The van der Waals surface area contributed by atoms with E-state index in [4.69, 9.17) is 0 Å². The third-order valence-electron chi connectivity index (χ3n) is 6.89. The van der Waals surface area contributed by atoms with Crippen LogP contribution in [-0.2, 0) is 11.8 Å². The standard InChI is InChI=1S/C26H30N/c1-5-20-17-25-22-15-11-12-16-24(22)26(6-2,7-3)19(4)27(25)18-23(20)21-13-9-8-10-14-21/h8-19H,5-7H2,1-4H3/q+1. The van der Waals surface area contributed by atoms with Crippen molar-refractivity contribution in [3.63, 3.8) is 0 Å². The fourth-order valence-electron chi connectivity index (χ4n) is 5.17. The number of aryl methyl sites for hydroxylation is 1. The number of benzene rings is 2. The van der Waals surface area contributed by atoms with Crippen LogP contribution in [0.25, 0.3) is 22.4 Å². The molecular weight excluding hydrogens is 326 g/mol. The van der Waals surface area contributed by atoms with Crippen LogP contribution in [0.3, 0.4) is 0 Å². The predicted octanol–water partition coefficient (Wildman–Crippen LogP) is 6.50. The van der Waals surface area contributed by atoms with Gasteiger partial charge in [-0.3, -0.25) is 0 Å². The van der Waals surface area contributed by atoms with Crippen molar-refractivity contribution in [2.24, 2.45) is 0 Å². The fourth-order valence-corrected chi connectivity index (χ4v) is 5.17. The minimum absolute atomic E-state index is 0.190. The average Bonchev–Trinajstić information content (AvgIpc) is 2.74. The van der Waals surface area contributed by atoms with Gasteiger partial charge >= 0.3 is 0 Å². The summed E-state index contributed by atoms with van der Waals surface area (Å²) in [5.74, 6) is 0. The van der Waals surface area contributed by atoms with Gasteiger partial charge in [0, 0.05) is 11.6 Å². The van der Waals surface area contributed by atoms with Gasteiger partial charge in [0.1, 0.15) is 0 Å². The largest absolute Gasteiger partial charge is 0.213 e. The minimum Gasteiger partial charge on any atom is -0.194 e. The zero-order valence-corrected chi connectivity index (χ0v) is 17.0. The summed E-state index contributed by atoms with van der Waals surface area (Å²) in [7, 11) is 0. The lowest BCUT2D eigenvalue weighted by molar-refractivity contribution is -0.721.